The third-order valence-electron chi connectivity index (χ3n) is 5.50. The van der Waals surface area contributed by atoms with E-state index in [2.05, 4.69) is 17.3 Å². The van der Waals surface area contributed by atoms with Gasteiger partial charge in [-0.2, -0.15) is 0 Å². The number of nitrogens with one attached hydrogen (secondary N) is 1. The van der Waals surface area contributed by atoms with Crippen molar-refractivity contribution in [2.45, 2.75) is 95.6 Å². The van der Waals surface area contributed by atoms with Crippen LogP contribution in [0.4, 0.5) is 0 Å². The van der Waals surface area contributed by atoms with Gasteiger partial charge in [0.1, 0.15) is 0 Å². The van der Waals surface area contributed by atoms with E-state index in [1.54, 1.807) is 0 Å². The third kappa shape index (κ3) is 5.73. The van der Waals surface area contributed by atoms with E-state index in [0.29, 0.717) is 0 Å². The first kappa shape index (κ1) is 16.3. The van der Waals surface area contributed by atoms with Crippen molar-refractivity contribution in [3.63, 3.8) is 0 Å². The van der Waals surface area contributed by atoms with Crippen LogP contribution in [0, 0.1) is 0 Å². The second-order valence-corrected chi connectivity index (χ2v) is 7.08. The van der Waals surface area contributed by atoms with E-state index >= 15 is 0 Å². The van der Waals surface area contributed by atoms with Crippen LogP contribution in [0.2, 0.25) is 0 Å². The minimum atomic E-state index is 0.793. The van der Waals surface area contributed by atoms with Crippen LogP contribution in [0.15, 0.2) is 0 Å². The molecule has 1 aliphatic heterocycles. The molecule has 2 fully saturated rings. The molecule has 1 saturated heterocycles. The van der Waals surface area contributed by atoms with Crippen LogP contribution in [-0.2, 0) is 0 Å². The van der Waals surface area contributed by atoms with Gasteiger partial charge >= 0.3 is 0 Å². The molecule has 1 heterocycles. The van der Waals surface area contributed by atoms with E-state index in [1.807, 2.05) is 0 Å². The van der Waals surface area contributed by atoms with Crippen LogP contribution < -0.4 is 5.32 Å². The lowest BCUT2D eigenvalue weighted by Gasteiger charge is -2.38. The molecular weight excluding hydrogens is 244 g/mol. The number of nitrogens with zero attached hydrogens (tertiary/aromatic N) is 1. The fraction of sp³-hybridized carbons (Fsp3) is 1.00. The molecule has 118 valence electrons. The Morgan fingerprint density at radius 2 is 1.15 bits per heavy atom. The van der Waals surface area contributed by atoms with Crippen molar-refractivity contribution in [3.8, 4) is 0 Å². The molecule has 20 heavy (non-hydrogen) atoms. The maximum absolute atomic E-state index is 3.58. The molecule has 2 aliphatic rings. The number of hydrogen-bond acceptors (Lipinski definition) is 2. The molecule has 0 radical (unpaired) electrons. The Morgan fingerprint density at radius 1 is 0.650 bits per heavy atom. The number of piperidine rings is 1. The molecule has 1 unspecified atom stereocenters. The molecule has 0 bridgehead atoms. The summed E-state index contributed by atoms with van der Waals surface area (Å²) in [7, 11) is 2.40. The van der Waals surface area contributed by atoms with Crippen LogP contribution in [0.1, 0.15) is 83.5 Å². The molecule has 0 amide bonds. The summed E-state index contributed by atoms with van der Waals surface area (Å²) in [5.41, 5.74) is 0. The summed E-state index contributed by atoms with van der Waals surface area (Å²) < 4.78 is 0. The molecule has 0 spiro atoms. The highest BCUT2D eigenvalue weighted by Crippen LogP contribution is 2.22. The molecular formula is C18H36N2. The van der Waals surface area contributed by atoms with E-state index in [1.165, 1.54) is 96.6 Å². The van der Waals surface area contributed by atoms with Gasteiger partial charge in [-0.25, -0.2) is 0 Å². The molecule has 2 heteroatoms. The Kier molecular flexibility index (Phi) is 7.97. The van der Waals surface area contributed by atoms with E-state index in [-0.39, 0.29) is 0 Å². The van der Waals surface area contributed by atoms with Gasteiger partial charge in [0.25, 0.3) is 0 Å². The maximum Gasteiger partial charge on any atom is 0.0220 e. The van der Waals surface area contributed by atoms with Gasteiger partial charge in [-0.05, 0) is 39.3 Å². The summed E-state index contributed by atoms with van der Waals surface area (Å²) in [6.45, 7) is 2.45. The van der Waals surface area contributed by atoms with Crippen molar-refractivity contribution in [2.75, 3.05) is 20.1 Å². The Labute approximate surface area is 126 Å². The Bertz CT molecular complexity index is 224. The fourth-order valence-corrected chi connectivity index (χ4v) is 4.03. The Hall–Kier alpha value is -0.0800. The zero-order valence-electron chi connectivity index (χ0n) is 13.7. The summed E-state index contributed by atoms with van der Waals surface area (Å²) in [5.74, 6) is 0. The van der Waals surface area contributed by atoms with Gasteiger partial charge in [-0.3, -0.25) is 4.90 Å². The maximum atomic E-state index is 3.58. The third-order valence-corrected chi connectivity index (χ3v) is 5.50. The standard InChI is InChI=1S/C18H36N2/c1-20(18-14-11-15-19-16-18)17-12-9-7-5-3-2-4-6-8-10-13-17/h17-19H,2-16H2,1H3. The molecule has 1 saturated carbocycles. The highest BCUT2D eigenvalue weighted by atomic mass is 15.2. The molecule has 0 aromatic rings. The highest BCUT2D eigenvalue weighted by molar-refractivity contribution is 4.81. The molecule has 0 aromatic heterocycles. The average molecular weight is 280 g/mol. The second kappa shape index (κ2) is 9.78. The first-order valence-electron chi connectivity index (χ1n) is 9.30. The minimum absolute atomic E-state index is 0.793. The quantitative estimate of drug-likeness (QED) is 0.809. The number of likely N-dealkylation sites (N-methyl/N-ethyl adjacent to an activating group) is 1. The first-order chi connectivity index (χ1) is 9.88. The monoisotopic (exact) mass is 280 g/mol. The van der Waals surface area contributed by atoms with Gasteiger partial charge in [0.15, 0.2) is 0 Å². The molecule has 2 rings (SSSR count). The van der Waals surface area contributed by atoms with Crippen LogP contribution >= 0.6 is 0 Å². The van der Waals surface area contributed by atoms with Gasteiger partial charge in [0, 0.05) is 18.6 Å². The molecule has 1 aliphatic carbocycles. The van der Waals surface area contributed by atoms with Crippen molar-refractivity contribution in [3.05, 3.63) is 0 Å². The van der Waals surface area contributed by atoms with Crippen molar-refractivity contribution in [2.24, 2.45) is 0 Å². The van der Waals surface area contributed by atoms with Gasteiger partial charge in [0.05, 0.1) is 0 Å². The van der Waals surface area contributed by atoms with E-state index in [4.69, 9.17) is 0 Å². The normalized spacial score (nSPS) is 28.8. The summed E-state index contributed by atoms with van der Waals surface area (Å²) in [5, 5.41) is 3.58. The summed E-state index contributed by atoms with van der Waals surface area (Å²) in [4.78, 5) is 2.73. The van der Waals surface area contributed by atoms with E-state index < -0.39 is 0 Å². The smallest absolute Gasteiger partial charge is 0.0220 e. The largest absolute Gasteiger partial charge is 0.315 e. The lowest BCUT2D eigenvalue weighted by Crippen LogP contribution is -2.48. The summed E-state index contributed by atoms with van der Waals surface area (Å²) in [6, 6.07) is 1.64. The molecule has 2 nitrogen and oxygen atoms in total. The molecule has 1 N–H and O–H groups in total. The average Bonchev–Trinajstić information content (AvgIpc) is 2.48. The zero-order valence-corrected chi connectivity index (χ0v) is 13.7. The van der Waals surface area contributed by atoms with E-state index in [0.717, 1.165) is 12.1 Å². The van der Waals surface area contributed by atoms with Gasteiger partial charge in [-0.1, -0.05) is 57.8 Å². The SMILES string of the molecule is CN(C1CCCCCCCCCCC1)C1CCCNC1. The Morgan fingerprint density at radius 3 is 1.65 bits per heavy atom. The van der Waals surface area contributed by atoms with Crippen molar-refractivity contribution in [1.82, 2.24) is 10.2 Å². The van der Waals surface area contributed by atoms with Crippen LogP contribution in [-0.4, -0.2) is 37.1 Å². The Balaban J connectivity index is 1.80. The number of rotatable bonds is 2. The van der Waals surface area contributed by atoms with Gasteiger partial charge in [-0.15, -0.1) is 0 Å². The minimum Gasteiger partial charge on any atom is -0.315 e. The predicted molar refractivity (Wildman–Crippen MR) is 88.2 cm³/mol. The predicted octanol–water partition coefficient (Wildman–Crippen LogP) is 4.34. The number of hydrogen-bond donors (Lipinski definition) is 1. The summed E-state index contributed by atoms with van der Waals surface area (Å²) in [6.07, 6.45) is 18.9. The lowest BCUT2D eigenvalue weighted by atomic mass is 9.95. The van der Waals surface area contributed by atoms with Gasteiger partial charge < -0.3 is 5.32 Å². The van der Waals surface area contributed by atoms with Crippen LogP contribution in [0.3, 0.4) is 0 Å². The van der Waals surface area contributed by atoms with Gasteiger partial charge in [0.2, 0.25) is 0 Å². The zero-order chi connectivity index (χ0) is 14.0. The fourth-order valence-electron chi connectivity index (χ4n) is 4.03. The van der Waals surface area contributed by atoms with Crippen molar-refractivity contribution >= 4 is 0 Å². The topological polar surface area (TPSA) is 15.3 Å². The highest BCUT2D eigenvalue weighted by Gasteiger charge is 2.23. The molecule has 0 aromatic carbocycles. The van der Waals surface area contributed by atoms with Crippen molar-refractivity contribution < 1.29 is 0 Å². The van der Waals surface area contributed by atoms with E-state index in [9.17, 15) is 0 Å². The second-order valence-electron chi connectivity index (χ2n) is 7.08. The van der Waals surface area contributed by atoms with Crippen LogP contribution in [0.25, 0.3) is 0 Å². The van der Waals surface area contributed by atoms with Crippen LogP contribution in [0.5, 0.6) is 0 Å². The summed E-state index contributed by atoms with van der Waals surface area (Å²) >= 11 is 0. The first-order valence-corrected chi connectivity index (χ1v) is 9.30. The lowest BCUT2D eigenvalue weighted by molar-refractivity contribution is 0.128. The molecule has 1 atom stereocenters. The van der Waals surface area contributed by atoms with Crippen molar-refractivity contribution in [1.29, 1.82) is 0 Å².